The lowest BCUT2D eigenvalue weighted by Crippen LogP contribution is -2.37. The van der Waals surface area contributed by atoms with E-state index in [4.69, 9.17) is 0 Å². The van der Waals surface area contributed by atoms with E-state index in [0.29, 0.717) is 6.54 Å². The molecule has 1 rings (SSSR count). The lowest BCUT2D eigenvalue weighted by Gasteiger charge is -2.05. The first kappa shape index (κ1) is 13.1. The second kappa shape index (κ2) is 6.57. The third-order valence-corrected chi connectivity index (χ3v) is 2.00. The zero-order valence-electron chi connectivity index (χ0n) is 9.99. The van der Waals surface area contributed by atoms with Gasteiger partial charge in [0, 0.05) is 12.7 Å². The van der Waals surface area contributed by atoms with Gasteiger partial charge in [-0.05, 0) is 13.3 Å². The van der Waals surface area contributed by atoms with Crippen molar-refractivity contribution in [2.45, 2.75) is 20.3 Å². The van der Waals surface area contributed by atoms with Crippen LogP contribution in [-0.2, 0) is 4.79 Å². The second-order valence-corrected chi connectivity index (χ2v) is 3.58. The van der Waals surface area contributed by atoms with Gasteiger partial charge in [0.25, 0.3) is 5.91 Å². The highest BCUT2D eigenvalue weighted by Crippen LogP contribution is 1.93. The number of hydrogen-bond acceptors (Lipinski definition) is 4. The van der Waals surface area contributed by atoms with Crippen molar-refractivity contribution in [1.29, 1.82) is 0 Å². The van der Waals surface area contributed by atoms with Crippen molar-refractivity contribution in [3.8, 4) is 0 Å². The van der Waals surface area contributed by atoms with E-state index in [1.54, 1.807) is 6.92 Å². The van der Waals surface area contributed by atoms with E-state index in [1.807, 2.05) is 6.92 Å². The largest absolute Gasteiger partial charge is 0.355 e. The van der Waals surface area contributed by atoms with Gasteiger partial charge >= 0.3 is 0 Å². The van der Waals surface area contributed by atoms with Crippen LogP contribution in [0.3, 0.4) is 0 Å². The van der Waals surface area contributed by atoms with E-state index in [-0.39, 0.29) is 18.1 Å². The molecule has 6 heteroatoms. The molecule has 6 nitrogen and oxygen atoms in total. The predicted molar refractivity (Wildman–Crippen MR) is 62.4 cm³/mol. The van der Waals surface area contributed by atoms with Gasteiger partial charge in [-0.25, -0.2) is 4.98 Å². The molecule has 0 aliphatic heterocycles. The molecule has 0 aliphatic rings. The number of aromatic nitrogens is 2. The number of carbonyl (C=O) groups excluding carboxylic acids is 2. The summed E-state index contributed by atoms with van der Waals surface area (Å²) in [4.78, 5) is 30.6. The first-order valence-corrected chi connectivity index (χ1v) is 5.47. The van der Waals surface area contributed by atoms with Crippen LogP contribution in [0.25, 0.3) is 0 Å². The normalized spacial score (nSPS) is 9.76. The standard InChI is InChI=1S/C11H16N4O2/c1-3-4-12-10(16)7-15-11(17)9-6-13-8(2)5-14-9/h5-6H,3-4,7H2,1-2H3,(H,12,16)(H,15,17). The Hall–Kier alpha value is -1.98. The Balaban J connectivity index is 2.39. The number of amides is 2. The summed E-state index contributed by atoms with van der Waals surface area (Å²) in [5.74, 6) is -0.607. The van der Waals surface area contributed by atoms with Crippen molar-refractivity contribution in [3.05, 3.63) is 23.8 Å². The fraction of sp³-hybridized carbons (Fsp3) is 0.455. The molecule has 0 saturated heterocycles. The molecule has 0 radical (unpaired) electrons. The molecular weight excluding hydrogens is 220 g/mol. The van der Waals surface area contributed by atoms with Crippen LogP contribution in [-0.4, -0.2) is 34.9 Å². The molecule has 0 saturated carbocycles. The van der Waals surface area contributed by atoms with Gasteiger partial charge < -0.3 is 10.6 Å². The Labute approximate surface area is 99.8 Å². The minimum absolute atomic E-state index is 0.0472. The third kappa shape index (κ3) is 4.58. The summed E-state index contributed by atoms with van der Waals surface area (Å²) in [6.45, 7) is 4.31. The van der Waals surface area contributed by atoms with Gasteiger partial charge in [0.1, 0.15) is 5.69 Å². The Morgan fingerprint density at radius 2 is 2.00 bits per heavy atom. The number of aryl methyl sites for hydroxylation is 1. The predicted octanol–water partition coefficient (Wildman–Crippen LogP) is 0.0410. The molecule has 1 aromatic rings. The topological polar surface area (TPSA) is 84.0 Å². The number of nitrogens with zero attached hydrogens (tertiary/aromatic N) is 2. The SMILES string of the molecule is CCCNC(=O)CNC(=O)c1cnc(C)cn1. The van der Waals surface area contributed by atoms with Crippen molar-refractivity contribution in [2.75, 3.05) is 13.1 Å². The Bertz CT molecular complexity index is 389. The molecule has 2 N–H and O–H groups in total. The van der Waals surface area contributed by atoms with Crippen LogP contribution in [0.15, 0.2) is 12.4 Å². The average molecular weight is 236 g/mol. The fourth-order valence-electron chi connectivity index (χ4n) is 1.09. The van der Waals surface area contributed by atoms with Crippen LogP contribution in [0.5, 0.6) is 0 Å². The summed E-state index contributed by atoms with van der Waals surface area (Å²) in [6.07, 6.45) is 3.75. The van der Waals surface area contributed by atoms with Crippen molar-refractivity contribution in [3.63, 3.8) is 0 Å². The molecule has 0 fully saturated rings. The summed E-state index contributed by atoms with van der Waals surface area (Å²) in [6, 6.07) is 0. The van der Waals surface area contributed by atoms with E-state index < -0.39 is 5.91 Å². The monoisotopic (exact) mass is 236 g/mol. The molecule has 0 atom stereocenters. The van der Waals surface area contributed by atoms with E-state index in [9.17, 15) is 9.59 Å². The zero-order valence-corrected chi connectivity index (χ0v) is 9.99. The van der Waals surface area contributed by atoms with Gasteiger partial charge in [-0.15, -0.1) is 0 Å². The summed E-state index contributed by atoms with van der Waals surface area (Å²) in [7, 11) is 0. The van der Waals surface area contributed by atoms with Crippen LogP contribution < -0.4 is 10.6 Å². The molecule has 1 aromatic heterocycles. The third-order valence-electron chi connectivity index (χ3n) is 2.00. The number of carbonyl (C=O) groups is 2. The Kier molecular flexibility index (Phi) is 5.06. The van der Waals surface area contributed by atoms with Crippen LogP contribution >= 0.6 is 0 Å². The summed E-state index contributed by atoms with van der Waals surface area (Å²) in [5, 5.41) is 5.13. The van der Waals surface area contributed by atoms with Crippen LogP contribution in [0, 0.1) is 6.92 Å². The molecule has 0 spiro atoms. The van der Waals surface area contributed by atoms with Gasteiger partial charge in [-0.3, -0.25) is 14.6 Å². The molecule has 0 aromatic carbocycles. The summed E-state index contributed by atoms with van der Waals surface area (Å²) in [5.41, 5.74) is 0.945. The number of rotatable bonds is 5. The van der Waals surface area contributed by atoms with E-state index in [2.05, 4.69) is 20.6 Å². The summed E-state index contributed by atoms with van der Waals surface area (Å²) >= 11 is 0. The van der Waals surface area contributed by atoms with E-state index in [1.165, 1.54) is 12.4 Å². The van der Waals surface area contributed by atoms with Crippen molar-refractivity contribution in [1.82, 2.24) is 20.6 Å². The van der Waals surface area contributed by atoms with Gasteiger partial charge in [0.15, 0.2) is 0 Å². The minimum atomic E-state index is -0.399. The first-order valence-electron chi connectivity index (χ1n) is 5.47. The minimum Gasteiger partial charge on any atom is -0.355 e. The molecule has 0 aliphatic carbocycles. The maximum absolute atomic E-state index is 11.5. The van der Waals surface area contributed by atoms with E-state index in [0.717, 1.165) is 12.1 Å². The average Bonchev–Trinajstić information content (AvgIpc) is 2.34. The van der Waals surface area contributed by atoms with Crippen LogP contribution in [0.2, 0.25) is 0 Å². The fourth-order valence-corrected chi connectivity index (χ4v) is 1.09. The maximum Gasteiger partial charge on any atom is 0.271 e. The van der Waals surface area contributed by atoms with Crippen molar-refractivity contribution < 1.29 is 9.59 Å². The zero-order chi connectivity index (χ0) is 12.7. The highest BCUT2D eigenvalue weighted by molar-refractivity contribution is 5.94. The van der Waals surface area contributed by atoms with Gasteiger partial charge in [0.2, 0.25) is 5.91 Å². The van der Waals surface area contributed by atoms with Crippen LogP contribution in [0.1, 0.15) is 29.5 Å². The highest BCUT2D eigenvalue weighted by atomic mass is 16.2. The molecule has 92 valence electrons. The van der Waals surface area contributed by atoms with Gasteiger partial charge in [-0.1, -0.05) is 6.92 Å². The molecule has 1 heterocycles. The van der Waals surface area contributed by atoms with Crippen molar-refractivity contribution in [2.24, 2.45) is 0 Å². The molecule has 0 bridgehead atoms. The Morgan fingerprint density at radius 3 is 2.59 bits per heavy atom. The second-order valence-electron chi connectivity index (χ2n) is 3.58. The lowest BCUT2D eigenvalue weighted by molar-refractivity contribution is -0.120. The molecule has 17 heavy (non-hydrogen) atoms. The van der Waals surface area contributed by atoms with E-state index >= 15 is 0 Å². The lowest BCUT2D eigenvalue weighted by atomic mass is 10.4. The molecular formula is C11H16N4O2. The Morgan fingerprint density at radius 1 is 1.24 bits per heavy atom. The number of nitrogens with one attached hydrogen (secondary N) is 2. The molecule has 0 unspecified atom stereocenters. The number of hydrogen-bond donors (Lipinski definition) is 2. The van der Waals surface area contributed by atoms with Crippen LogP contribution in [0.4, 0.5) is 0 Å². The van der Waals surface area contributed by atoms with Gasteiger partial charge in [-0.2, -0.15) is 0 Å². The maximum atomic E-state index is 11.5. The smallest absolute Gasteiger partial charge is 0.271 e. The highest BCUT2D eigenvalue weighted by Gasteiger charge is 2.08. The summed E-state index contributed by atoms with van der Waals surface area (Å²) < 4.78 is 0. The molecule has 2 amide bonds. The van der Waals surface area contributed by atoms with Gasteiger partial charge in [0.05, 0.1) is 18.4 Å². The quantitative estimate of drug-likeness (QED) is 0.756. The first-order chi connectivity index (χ1) is 8.13. The van der Waals surface area contributed by atoms with Crippen molar-refractivity contribution >= 4 is 11.8 Å².